The van der Waals surface area contributed by atoms with Crippen LogP contribution in [0, 0.1) is 6.92 Å². The minimum Gasteiger partial charge on any atom is -0.398 e. The van der Waals surface area contributed by atoms with Gasteiger partial charge in [-0.05, 0) is 32.0 Å². The summed E-state index contributed by atoms with van der Waals surface area (Å²) in [7, 11) is -1.25. The summed E-state index contributed by atoms with van der Waals surface area (Å²) >= 11 is 12.2. The predicted molar refractivity (Wildman–Crippen MR) is 83.6 cm³/mol. The molecule has 1 heterocycles. The molecule has 2 aromatic rings. The van der Waals surface area contributed by atoms with E-state index in [0.717, 1.165) is 11.4 Å². The van der Waals surface area contributed by atoms with Gasteiger partial charge in [0.1, 0.15) is 0 Å². The van der Waals surface area contributed by atoms with Crippen molar-refractivity contribution in [2.75, 3.05) is 5.73 Å². The molecule has 20 heavy (non-hydrogen) atoms. The third-order valence-electron chi connectivity index (χ3n) is 2.96. The lowest BCUT2D eigenvalue weighted by Crippen LogP contribution is -2.06. The van der Waals surface area contributed by atoms with E-state index in [-0.39, 0.29) is 0 Å². The number of hydrogen-bond donors (Lipinski definition) is 1. The van der Waals surface area contributed by atoms with E-state index in [0.29, 0.717) is 32.9 Å². The summed E-state index contributed by atoms with van der Waals surface area (Å²) in [5, 5.41) is 5.29. The molecular formula is C13H15Cl2N3OS. The van der Waals surface area contributed by atoms with Crippen LogP contribution >= 0.6 is 23.2 Å². The highest BCUT2D eigenvalue weighted by Gasteiger charge is 2.16. The lowest BCUT2D eigenvalue weighted by molar-refractivity contribution is 0.627. The molecule has 2 N–H and O–H groups in total. The Hall–Kier alpha value is -1.04. The number of nitrogen functional groups attached to an aromatic ring is 1. The zero-order valence-corrected chi connectivity index (χ0v) is 13.5. The predicted octanol–water partition coefficient (Wildman–Crippen LogP) is 3.41. The summed E-state index contributed by atoms with van der Waals surface area (Å²) in [5.74, 6) is 0.299. The maximum atomic E-state index is 12.4. The third kappa shape index (κ3) is 3.00. The number of hydrogen-bond acceptors (Lipinski definition) is 3. The topological polar surface area (TPSA) is 60.9 Å². The van der Waals surface area contributed by atoms with Gasteiger partial charge >= 0.3 is 0 Å². The molecule has 4 nitrogen and oxygen atoms in total. The van der Waals surface area contributed by atoms with Crippen LogP contribution in [-0.4, -0.2) is 14.0 Å². The first-order valence-corrected chi connectivity index (χ1v) is 8.16. The summed E-state index contributed by atoms with van der Waals surface area (Å²) in [6, 6.07) is 4.99. The lowest BCUT2D eigenvalue weighted by atomic mass is 10.3. The van der Waals surface area contributed by atoms with Crippen LogP contribution in [0.5, 0.6) is 0 Å². The van der Waals surface area contributed by atoms with E-state index in [4.69, 9.17) is 28.9 Å². The monoisotopic (exact) mass is 331 g/mol. The Morgan fingerprint density at radius 2 is 2.10 bits per heavy atom. The summed E-state index contributed by atoms with van der Waals surface area (Å²) in [6.07, 6.45) is 0. The van der Waals surface area contributed by atoms with E-state index in [1.807, 2.05) is 13.8 Å². The van der Waals surface area contributed by atoms with E-state index in [1.54, 1.807) is 22.9 Å². The number of nitrogens with zero attached hydrogens (tertiary/aromatic N) is 2. The molecule has 1 atom stereocenters. The van der Waals surface area contributed by atoms with Crippen molar-refractivity contribution in [3.8, 4) is 0 Å². The van der Waals surface area contributed by atoms with E-state index in [9.17, 15) is 4.21 Å². The molecule has 1 aromatic heterocycles. The van der Waals surface area contributed by atoms with E-state index < -0.39 is 10.8 Å². The molecule has 2 rings (SSSR count). The van der Waals surface area contributed by atoms with Gasteiger partial charge in [0.2, 0.25) is 0 Å². The maximum absolute atomic E-state index is 12.4. The fourth-order valence-corrected chi connectivity index (χ4v) is 3.57. The Balaban J connectivity index is 2.30. The van der Waals surface area contributed by atoms with Crippen LogP contribution in [0.2, 0.25) is 10.0 Å². The van der Waals surface area contributed by atoms with Crippen molar-refractivity contribution >= 4 is 39.7 Å². The first-order chi connectivity index (χ1) is 9.43. The summed E-state index contributed by atoms with van der Waals surface area (Å²) < 4.78 is 14.2. The second kappa shape index (κ2) is 6.16. The van der Waals surface area contributed by atoms with Crippen LogP contribution in [0.25, 0.3) is 0 Å². The van der Waals surface area contributed by atoms with Crippen LogP contribution < -0.4 is 5.73 Å². The van der Waals surface area contributed by atoms with Crippen molar-refractivity contribution in [3.05, 3.63) is 39.6 Å². The molecule has 1 unspecified atom stereocenters. The van der Waals surface area contributed by atoms with Gasteiger partial charge in [-0.3, -0.25) is 8.89 Å². The minimum absolute atomic E-state index is 0.299. The molecule has 0 aliphatic heterocycles. The lowest BCUT2D eigenvalue weighted by Gasteiger charge is -2.07. The highest BCUT2D eigenvalue weighted by Crippen LogP contribution is 2.26. The molecule has 1 aromatic carbocycles. The summed E-state index contributed by atoms with van der Waals surface area (Å²) in [6.45, 7) is 4.48. The third-order valence-corrected chi connectivity index (χ3v) is 5.09. The first kappa shape index (κ1) is 15.4. The molecule has 0 amide bonds. The molecule has 7 heteroatoms. The van der Waals surface area contributed by atoms with E-state index >= 15 is 0 Å². The Kier molecular flexibility index (Phi) is 4.73. The molecule has 0 bridgehead atoms. The number of anilines is 1. The molecule has 0 spiro atoms. The number of halogens is 2. The van der Waals surface area contributed by atoms with Crippen LogP contribution in [0.15, 0.2) is 23.1 Å². The van der Waals surface area contributed by atoms with Gasteiger partial charge in [-0.25, -0.2) is 0 Å². The van der Waals surface area contributed by atoms with Crippen LogP contribution in [-0.2, 0) is 23.1 Å². The fourth-order valence-electron chi connectivity index (χ4n) is 1.86. The molecule has 0 fully saturated rings. The normalized spacial score (nSPS) is 12.6. The number of benzene rings is 1. The Labute approximate surface area is 130 Å². The van der Waals surface area contributed by atoms with Gasteiger partial charge in [-0.2, -0.15) is 5.10 Å². The van der Waals surface area contributed by atoms with Gasteiger partial charge in [0.25, 0.3) is 0 Å². The Morgan fingerprint density at radius 1 is 1.40 bits per heavy atom. The Bertz CT molecular complexity index is 670. The molecule has 0 aliphatic rings. The van der Waals surface area contributed by atoms with E-state index in [2.05, 4.69) is 5.10 Å². The van der Waals surface area contributed by atoms with Gasteiger partial charge in [-0.15, -0.1) is 0 Å². The number of aryl methyl sites for hydroxylation is 2. The van der Waals surface area contributed by atoms with Crippen molar-refractivity contribution in [2.24, 2.45) is 0 Å². The number of rotatable bonds is 4. The highest BCUT2D eigenvalue weighted by atomic mass is 35.5. The largest absolute Gasteiger partial charge is 0.398 e. The van der Waals surface area contributed by atoms with Crippen LogP contribution in [0.1, 0.15) is 18.3 Å². The van der Waals surface area contributed by atoms with Crippen molar-refractivity contribution in [1.29, 1.82) is 0 Å². The van der Waals surface area contributed by atoms with Gasteiger partial charge in [0.15, 0.2) is 0 Å². The Morgan fingerprint density at radius 3 is 2.70 bits per heavy atom. The summed E-state index contributed by atoms with van der Waals surface area (Å²) in [5.41, 5.74) is 7.64. The maximum Gasteiger partial charge on any atom is 0.0856 e. The molecule has 108 valence electrons. The zero-order chi connectivity index (χ0) is 14.9. The van der Waals surface area contributed by atoms with Gasteiger partial charge in [-0.1, -0.05) is 23.2 Å². The first-order valence-electron chi connectivity index (χ1n) is 6.09. The smallest absolute Gasteiger partial charge is 0.0856 e. The van der Waals surface area contributed by atoms with Crippen molar-refractivity contribution in [2.45, 2.75) is 31.0 Å². The van der Waals surface area contributed by atoms with E-state index in [1.165, 1.54) is 0 Å². The van der Waals surface area contributed by atoms with Crippen LogP contribution in [0.3, 0.4) is 0 Å². The zero-order valence-electron chi connectivity index (χ0n) is 11.2. The molecule has 0 saturated heterocycles. The average Bonchev–Trinajstić information content (AvgIpc) is 2.69. The number of nitrogens with two attached hydrogens (primary N) is 1. The SMILES string of the molecule is CCn1nc(C)c(Cl)c1CS(=O)c1ccc(N)c(Cl)c1. The van der Waals surface area contributed by atoms with Crippen molar-refractivity contribution in [1.82, 2.24) is 9.78 Å². The minimum atomic E-state index is -1.25. The van der Waals surface area contributed by atoms with Crippen molar-refractivity contribution in [3.63, 3.8) is 0 Å². The fraction of sp³-hybridized carbons (Fsp3) is 0.308. The van der Waals surface area contributed by atoms with Gasteiger partial charge < -0.3 is 5.73 Å². The molecule has 0 radical (unpaired) electrons. The van der Waals surface area contributed by atoms with Gasteiger partial charge in [0, 0.05) is 11.4 Å². The molecule has 0 aliphatic carbocycles. The standard InChI is InChI=1S/C13H15Cl2N3OS/c1-3-18-12(13(15)8(2)17-18)7-20(19)9-4-5-11(16)10(14)6-9/h4-6H,3,7,16H2,1-2H3. The number of aromatic nitrogens is 2. The second-order valence-electron chi connectivity index (χ2n) is 4.34. The summed E-state index contributed by atoms with van der Waals surface area (Å²) in [4.78, 5) is 0.627. The average molecular weight is 332 g/mol. The van der Waals surface area contributed by atoms with Crippen LogP contribution in [0.4, 0.5) is 5.69 Å². The molecule has 0 saturated carbocycles. The second-order valence-corrected chi connectivity index (χ2v) is 6.57. The van der Waals surface area contributed by atoms with Gasteiger partial charge in [0.05, 0.1) is 43.7 Å². The highest BCUT2D eigenvalue weighted by molar-refractivity contribution is 7.84. The van der Waals surface area contributed by atoms with Crippen molar-refractivity contribution < 1.29 is 4.21 Å². The molecular weight excluding hydrogens is 317 g/mol. The quantitative estimate of drug-likeness (QED) is 0.873.